The van der Waals surface area contributed by atoms with Gasteiger partial charge in [0.25, 0.3) is 5.69 Å². The molecule has 6 nitrogen and oxygen atoms in total. The summed E-state index contributed by atoms with van der Waals surface area (Å²) in [6.07, 6.45) is 3.12. The van der Waals surface area contributed by atoms with Gasteiger partial charge < -0.3 is 10.1 Å². The third-order valence-electron chi connectivity index (χ3n) is 4.30. The van der Waals surface area contributed by atoms with Gasteiger partial charge in [-0.25, -0.2) is 0 Å². The van der Waals surface area contributed by atoms with Gasteiger partial charge in [-0.2, -0.15) is 0 Å². The predicted octanol–water partition coefficient (Wildman–Crippen LogP) is 2.92. The number of unbranched alkanes of at least 4 members (excludes halogenated alkanes) is 1. The number of anilines is 1. The van der Waals surface area contributed by atoms with Crippen LogP contribution in [0.3, 0.4) is 0 Å². The van der Waals surface area contributed by atoms with Gasteiger partial charge in [0.05, 0.1) is 22.7 Å². The van der Waals surface area contributed by atoms with E-state index in [2.05, 4.69) is 12.2 Å². The summed E-state index contributed by atoms with van der Waals surface area (Å²) in [4.78, 5) is 22.5. The van der Waals surface area contributed by atoms with E-state index in [1.54, 1.807) is 6.07 Å². The van der Waals surface area contributed by atoms with Crippen LogP contribution in [0.4, 0.5) is 11.4 Å². The Bertz CT molecular complexity index is 587. The number of nitrogens with one attached hydrogen (secondary N) is 1. The molecule has 0 unspecified atom stereocenters. The largest absolute Gasteiger partial charge is 0.485 e. The highest BCUT2D eigenvalue weighted by atomic mass is 16.6. The smallest absolute Gasteiger partial charge is 0.273 e. The zero-order valence-electron chi connectivity index (χ0n) is 11.9. The Morgan fingerprint density at radius 1 is 1.48 bits per heavy atom. The lowest BCUT2D eigenvalue weighted by Crippen LogP contribution is -2.41. The molecule has 0 radical (unpaired) electrons. The molecule has 6 heteroatoms. The summed E-state index contributed by atoms with van der Waals surface area (Å²) < 4.78 is 5.84. The Hall–Kier alpha value is -2.11. The number of benzene rings is 1. The summed E-state index contributed by atoms with van der Waals surface area (Å²) in [7, 11) is 0. The average molecular weight is 290 g/mol. The second-order valence-corrected chi connectivity index (χ2v) is 5.68. The lowest BCUT2D eigenvalue weighted by atomic mass is 9.94. The normalized spacial score (nSPS) is 26.5. The minimum atomic E-state index is -0.445. The Labute approximate surface area is 122 Å². The maximum atomic E-state index is 12.1. The number of ketones is 1. The van der Waals surface area contributed by atoms with E-state index in [0.29, 0.717) is 12.2 Å². The van der Waals surface area contributed by atoms with Crippen molar-refractivity contribution in [2.45, 2.75) is 44.8 Å². The quantitative estimate of drug-likeness (QED) is 0.681. The van der Waals surface area contributed by atoms with Crippen LogP contribution in [0, 0.1) is 16.0 Å². The van der Waals surface area contributed by atoms with Crippen LogP contribution in [0.5, 0.6) is 5.75 Å². The third-order valence-corrected chi connectivity index (χ3v) is 4.30. The van der Waals surface area contributed by atoms with Crippen LogP contribution in [0.15, 0.2) is 18.2 Å². The topological polar surface area (TPSA) is 81.5 Å². The zero-order chi connectivity index (χ0) is 15.0. The fourth-order valence-corrected chi connectivity index (χ4v) is 3.19. The molecule has 0 amide bonds. The summed E-state index contributed by atoms with van der Waals surface area (Å²) in [6.45, 7) is 2.11. The summed E-state index contributed by atoms with van der Waals surface area (Å²) in [5.41, 5.74) is 0.735. The van der Waals surface area contributed by atoms with Gasteiger partial charge in [0.15, 0.2) is 0 Å². The number of rotatable bonds is 4. The number of carbonyl (C=O) groups is 1. The van der Waals surface area contributed by atoms with Crippen LogP contribution >= 0.6 is 0 Å². The van der Waals surface area contributed by atoms with Crippen molar-refractivity contribution >= 4 is 17.2 Å². The second-order valence-electron chi connectivity index (χ2n) is 5.68. The minimum Gasteiger partial charge on any atom is -0.485 e. The molecule has 1 aliphatic carbocycles. The molecule has 0 saturated heterocycles. The van der Waals surface area contributed by atoms with Gasteiger partial charge in [0.2, 0.25) is 0 Å². The van der Waals surface area contributed by atoms with E-state index in [1.165, 1.54) is 12.1 Å². The van der Waals surface area contributed by atoms with Crippen molar-refractivity contribution in [3.63, 3.8) is 0 Å². The molecule has 0 bridgehead atoms. The molecule has 1 N–H and O–H groups in total. The molecule has 1 aromatic carbocycles. The van der Waals surface area contributed by atoms with Crippen molar-refractivity contribution in [3.05, 3.63) is 28.3 Å². The molecular formula is C15H18N2O4. The van der Waals surface area contributed by atoms with Crippen molar-refractivity contribution in [1.29, 1.82) is 0 Å². The maximum Gasteiger partial charge on any atom is 0.273 e. The van der Waals surface area contributed by atoms with Crippen LogP contribution in [0.25, 0.3) is 0 Å². The fraction of sp³-hybridized carbons (Fsp3) is 0.533. The van der Waals surface area contributed by atoms with Crippen molar-refractivity contribution < 1.29 is 14.5 Å². The molecule has 3 rings (SSSR count). The molecule has 3 atom stereocenters. The Kier molecular flexibility index (Phi) is 3.53. The molecule has 1 fully saturated rings. The number of non-ortho nitro benzene ring substituents is 1. The number of fused-ring (bicyclic) bond motifs is 2. The van der Waals surface area contributed by atoms with Gasteiger partial charge in [-0.15, -0.1) is 0 Å². The van der Waals surface area contributed by atoms with Crippen LogP contribution in [0.2, 0.25) is 0 Å². The summed E-state index contributed by atoms with van der Waals surface area (Å²) in [6, 6.07) is 4.51. The molecule has 1 aromatic rings. The molecular weight excluding hydrogens is 272 g/mol. The Balaban J connectivity index is 1.84. The van der Waals surface area contributed by atoms with Crippen molar-refractivity contribution in [2.24, 2.45) is 5.92 Å². The molecule has 0 aromatic heterocycles. The molecule has 2 aliphatic rings. The number of nitro benzene ring substituents is 1. The number of hydrogen-bond acceptors (Lipinski definition) is 5. The molecule has 1 saturated carbocycles. The van der Waals surface area contributed by atoms with Crippen LogP contribution in [-0.4, -0.2) is 22.9 Å². The van der Waals surface area contributed by atoms with Gasteiger partial charge in [-0.05, 0) is 12.5 Å². The highest BCUT2D eigenvalue weighted by molar-refractivity contribution is 5.86. The van der Waals surface area contributed by atoms with Gasteiger partial charge in [-0.1, -0.05) is 19.8 Å². The number of carbonyl (C=O) groups excluding carboxylic acids is 1. The van der Waals surface area contributed by atoms with Gasteiger partial charge >= 0.3 is 0 Å². The second kappa shape index (κ2) is 5.35. The third kappa shape index (κ3) is 2.46. The summed E-state index contributed by atoms with van der Waals surface area (Å²) in [5.74, 6) is 0.681. The molecule has 0 spiro atoms. The first kappa shape index (κ1) is 13.9. The minimum absolute atomic E-state index is 0.000793. The Morgan fingerprint density at radius 3 is 3.00 bits per heavy atom. The van der Waals surface area contributed by atoms with E-state index >= 15 is 0 Å². The number of nitro groups is 1. The molecule has 1 heterocycles. The highest BCUT2D eigenvalue weighted by Gasteiger charge is 2.46. The number of ether oxygens (including phenoxy) is 1. The predicted molar refractivity (Wildman–Crippen MR) is 77.6 cm³/mol. The average Bonchev–Trinajstić information content (AvgIpc) is 2.76. The van der Waals surface area contributed by atoms with Crippen LogP contribution in [0.1, 0.15) is 32.6 Å². The van der Waals surface area contributed by atoms with E-state index in [-0.39, 0.29) is 29.5 Å². The van der Waals surface area contributed by atoms with Gasteiger partial charge in [-0.3, -0.25) is 14.9 Å². The summed E-state index contributed by atoms with van der Waals surface area (Å²) in [5, 5.41) is 14.2. The standard InChI is InChI=1S/C15H18N2O4/c1-2-3-4-10-12(18)8-14-15(10)16-11-6-5-9(17(19)20)7-13(11)21-14/h5-7,10,14-16H,2-4,8H2,1H3/t10-,14-,15+/m1/s1. The molecule has 21 heavy (non-hydrogen) atoms. The first-order valence-electron chi connectivity index (χ1n) is 7.34. The number of Topliss-reactive ketones (excluding diaryl/α,β-unsaturated/α-hetero) is 1. The monoisotopic (exact) mass is 290 g/mol. The number of nitrogens with zero attached hydrogens (tertiary/aromatic N) is 1. The van der Waals surface area contributed by atoms with E-state index in [1.807, 2.05) is 0 Å². The fourth-order valence-electron chi connectivity index (χ4n) is 3.19. The van der Waals surface area contributed by atoms with Crippen LogP contribution < -0.4 is 10.1 Å². The molecule has 112 valence electrons. The zero-order valence-corrected chi connectivity index (χ0v) is 11.9. The first-order chi connectivity index (χ1) is 10.1. The van der Waals surface area contributed by atoms with E-state index in [4.69, 9.17) is 4.74 Å². The first-order valence-corrected chi connectivity index (χ1v) is 7.34. The van der Waals surface area contributed by atoms with Crippen molar-refractivity contribution in [2.75, 3.05) is 5.32 Å². The lowest BCUT2D eigenvalue weighted by Gasteiger charge is -2.32. The number of hydrogen-bond donors (Lipinski definition) is 1. The van der Waals surface area contributed by atoms with Crippen LogP contribution in [-0.2, 0) is 4.79 Å². The van der Waals surface area contributed by atoms with E-state index in [9.17, 15) is 14.9 Å². The Morgan fingerprint density at radius 2 is 2.29 bits per heavy atom. The maximum absolute atomic E-state index is 12.1. The van der Waals surface area contributed by atoms with Crippen molar-refractivity contribution in [3.8, 4) is 5.75 Å². The van der Waals surface area contributed by atoms with E-state index in [0.717, 1.165) is 24.9 Å². The SMILES string of the molecule is CCCC[C@@H]1C(=O)C[C@H]2Oc3cc([N+](=O)[O-])ccc3N[C@@H]12. The lowest BCUT2D eigenvalue weighted by molar-refractivity contribution is -0.384. The molecule has 1 aliphatic heterocycles. The summed E-state index contributed by atoms with van der Waals surface area (Å²) >= 11 is 0. The van der Waals surface area contributed by atoms with Gasteiger partial charge in [0.1, 0.15) is 17.6 Å². The highest BCUT2D eigenvalue weighted by Crippen LogP contribution is 2.41. The van der Waals surface area contributed by atoms with Gasteiger partial charge in [0, 0.05) is 18.4 Å². The van der Waals surface area contributed by atoms with E-state index < -0.39 is 4.92 Å². The van der Waals surface area contributed by atoms with Crippen molar-refractivity contribution in [1.82, 2.24) is 0 Å².